The Labute approximate surface area is 296 Å². The fraction of sp³-hybridized carbons (Fsp3) is 0.0417. The maximum Gasteiger partial charge on any atom is 0.0629 e. The van der Waals surface area contributed by atoms with Crippen LogP contribution >= 0.6 is 0 Å². The van der Waals surface area contributed by atoms with Crippen molar-refractivity contribution in [2.45, 2.75) is 12.0 Å². The van der Waals surface area contributed by atoms with Gasteiger partial charge in [-0.2, -0.15) is 0 Å². The highest BCUT2D eigenvalue weighted by Crippen LogP contribution is 2.49. The molecular formula is C48H33N3. The van der Waals surface area contributed by atoms with E-state index in [4.69, 9.17) is 0 Å². The molecule has 3 nitrogen and oxygen atoms in total. The molecule has 51 heavy (non-hydrogen) atoms. The molecule has 11 rings (SSSR count). The first kappa shape index (κ1) is 28.3. The van der Waals surface area contributed by atoms with Gasteiger partial charge in [0.25, 0.3) is 0 Å². The lowest BCUT2D eigenvalue weighted by atomic mass is 9.91. The van der Waals surface area contributed by atoms with Crippen molar-refractivity contribution in [2.75, 3.05) is 4.90 Å². The highest BCUT2D eigenvalue weighted by Gasteiger charge is 2.37. The van der Waals surface area contributed by atoms with Gasteiger partial charge in [-0.25, -0.2) is 0 Å². The first-order valence-corrected chi connectivity index (χ1v) is 17.8. The second-order valence-electron chi connectivity index (χ2n) is 13.7. The van der Waals surface area contributed by atoms with Gasteiger partial charge in [-0.05, 0) is 60.2 Å². The molecule has 1 aliphatic heterocycles. The van der Waals surface area contributed by atoms with Crippen molar-refractivity contribution in [3.8, 4) is 22.5 Å². The smallest absolute Gasteiger partial charge is 0.0629 e. The van der Waals surface area contributed by atoms with Crippen molar-refractivity contribution in [2.24, 2.45) is 0 Å². The van der Waals surface area contributed by atoms with Crippen LogP contribution in [0.2, 0.25) is 0 Å². The minimum atomic E-state index is 0.260. The van der Waals surface area contributed by atoms with E-state index in [0.29, 0.717) is 5.92 Å². The van der Waals surface area contributed by atoms with Crippen molar-refractivity contribution in [1.29, 1.82) is 0 Å². The van der Waals surface area contributed by atoms with Gasteiger partial charge < -0.3 is 14.0 Å². The standard InChI is InChI=1S/C48H33N3/c1-8-22-41-33(15-1)34-16-2-9-23-42(34)49(41)32-29-30-48-40(31-32)39-21-7-14-28-47(39)51(48)46-27-13-6-20-38(46)37-19-5-12-26-45(37)50-43-24-10-3-17-35(43)36-18-4-11-25-44(36)50/h1-31,33,41H. The molecule has 3 heteroatoms. The Morgan fingerprint density at radius 2 is 0.843 bits per heavy atom. The number of para-hydroxylation sites is 6. The number of hydrogen-bond donors (Lipinski definition) is 0. The zero-order chi connectivity index (χ0) is 33.5. The van der Waals surface area contributed by atoms with Gasteiger partial charge in [-0.3, -0.25) is 0 Å². The van der Waals surface area contributed by atoms with E-state index in [1.165, 1.54) is 77.4 Å². The summed E-state index contributed by atoms with van der Waals surface area (Å²) < 4.78 is 4.90. The number of allylic oxidation sites excluding steroid dienone is 2. The van der Waals surface area contributed by atoms with Crippen LogP contribution in [0.5, 0.6) is 0 Å². The van der Waals surface area contributed by atoms with Crippen LogP contribution in [0.15, 0.2) is 188 Å². The Morgan fingerprint density at radius 1 is 0.373 bits per heavy atom. The third-order valence-corrected chi connectivity index (χ3v) is 11.1. The molecular weight excluding hydrogens is 619 g/mol. The molecule has 0 radical (unpaired) electrons. The maximum absolute atomic E-state index is 2.53. The van der Waals surface area contributed by atoms with Crippen LogP contribution in [0.3, 0.4) is 0 Å². The number of anilines is 2. The molecule has 0 N–H and O–H groups in total. The van der Waals surface area contributed by atoms with Crippen LogP contribution in [0.4, 0.5) is 11.4 Å². The predicted octanol–water partition coefficient (Wildman–Crippen LogP) is 12.3. The van der Waals surface area contributed by atoms with Gasteiger partial charge in [0.05, 0.1) is 39.5 Å². The summed E-state index contributed by atoms with van der Waals surface area (Å²) in [5.41, 5.74) is 13.4. The van der Waals surface area contributed by atoms with Crippen LogP contribution in [-0.2, 0) is 0 Å². The second-order valence-corrected chi connectivity index (χ2v) is 13.7. The molecule has 1 aliphatic carbocycles. The third-order valence-electron chi connectivity index (χ3n) is 11.1. The SMILES string of the molecule is C1=CC2c3ccccc3N(c3ccc4c(c3)c3ccccc3n4-c3ccccc3-c3ccccc3-n3c4ccccc4c4ccccc43)C2C=C1. The molecule has 2 atom stereocenters. The number of hydrogen-bond acceptors (Lipinski definition) is 1. The minimum Gasteiger partial charge on any atom is -0.333 e. The van der Waals surface area contributed by atoms with E-state index in [0.717, 1.165) is 5.69 Å². The second kappa shape index (κ2) is 11.0. The van der Waals surface area contributed by atoms with E-state index in [1.807, 2.05) is 0 Å². The van der Waals surface area contributed by atoms with Gasteiger partial charge in [0.15, 0.2) is 0 Å². The highest BCUT2D eigenvalue weighted by atomic mass is 15.2. The van der Waals surface area contributed by atoms with Crippen LogP contribution < -0.4 is 4.90 Å². The van der Waals surface area contributed by atoms with Crippen LogP contribution in [0.1, 0.15) is 11.5 Å². The summed E-state index contributed by atoms with van der Waals surface area (Å²) in [5, 5.41) is 5.04. The lowest BCUT2D eigenvalue weighted by molar-refractivity contribution is 0.745. The summed E-state index contributed by atoms with van der Waals surface area (Å²) in [4.78, 5) is 2.53. The Kier molecular flexibility index (Phi) is 6.08. The number of benzene rings is 7. The van der Waals surface area contributed by atoms with Crippen molar-refractivity contribution < 1.29 is 0 Å². The van der Waals surface area contributed by atoms with E-state index in [-0.39, 0.29) is 6.04 Å². The molecule has 7 aromatic carbocycles. The summed E-state index contributed by atoms with van der Waals surface area (Å²) in [6.07, 6.45) is 9.08. The first-order valence-electron chi connectivity index (χ1n) is 17.8. The Hall–Kier alpha value is -6.58. The Balaban J connectivity index is 1.13. The van der Waals surface area contributed by atoms with Gasteiger partial charge >= 0.3 is 0 Å². The third kappa shape index (κ3) is 4.06. The lowest BCUT2D eigenvalue weighted by Crippen LogP contribution is -2.28. The van der Waals surface area contributed by atoms with E-state index in [9.17, 15) is 0 Å². The zero-order valence-corrected chi connectivity index (χ0v) is 27.9. The average Bonchev–Trinajstić information content (AvgIpc) is 3.83. The van der Waals surface area contributed by atoms with Crippen LogP contribution in [0, 0.1) is 0 Å². The van der Waals surface area contributed by atoms with Crippen LogP contribution in [0.25, 0.3) is 66.1 Å². The zero-order valence-electron chi connectivity index (χ0n) is 27.9. The molecule has 2 unspecified atom stereocenters. The minimum absolute atomic E-state index is 0.260. The van der Waals surface area contributed by atoms with Crippen molar-refractivity contribution in [1.82, 2.24) is 9.13 Å². The van der Waals surface area contributed by atoms with Gasteiger partial charge in [-0.1, -0.05) is 133 Å². The summed E-state index contributed by atoms with van der Waals surface area (Å²) >= 11 is 0. The summed E-state index contributed by atoms with van der Waals surface area (Å²) in [6, 6.07) is 60.3. The fourth-order valence-corrected chi connectivity index (χ4v) is 8.94. The van der Waals surface area contributed by atoms with E-state index < -0.39 is 0 Å². The van der Waals surface area contributed by atoms with Crippen LogP contribution in [-0.4, -0.2) is 15.2 Å². The average molecular weight is 652 g/mol. The molecule has 0 saturated heterocycles. The van der Waals surface area contributed by atoms with Crippen molar-refractivity contribution >= 4 is 55.0 Å². The van der Waals surface area contributed by atoms with E-state index in [2.05, 4.69) is 202 Å². The number of nitrogens with zero attached hydrogens (tertiary/aromatic N) is 3. The molecule has 3 heterocycles. The molecule has 0 spiro atoms. The molecule has 2 aliphatic rings. The van der Waals surface area contributed by atoms with E-state index in [1.54, 1.807) is 0 Å². The molecule has 9 aromatic rings. The van der Waals surface area contributed by atoms with E-state index >= 15 is 0 Å². The monoisotopic (exact) mass is 651 g/mol. The van der Waals surface area contributed by atoms with Crippen molar-refractivity contribution in [3.05, 3.63) is 194 Å². The van der Waals surface area contributed by atoms with Gasteiger partial charge in [0.2, 0.25) is 0 Å². The molecule has 2 aromatic heterocycles. The first-order chi connectivity index (χ1) is 25.3. The van der Waals surface area contributed by atoms with Gasteiger partial charge in [0.1, 0.15) is 0 Å². The Morgan fingerprint density at radius 3 is 1.47 bits per heavy atom. The normalized spacial score (nSPS) is 16.4. The summed E-state index contributed by atoms with van der Waals surface area (Å²) in [7, 11) is 0. The largest absolute Gasteiger partial charge is 0.333 e. The number of aromatic nitrogens is 2. The Bertz CT molecular complexity index is 2850. The topological polar surface area (TPSA) is 13.1 Å². The molecule has 0 saturated carbocycles. The van der Waals surface area contributed by atoms with Gasteiger partial charge in [-0.15, -0.1) is 0 Å². The molecule has 240 valence electrons. The highest BCUT2D eigenvalue weighted by molar-refractivity contribution is 6.12. The fourth-order valence-electron chi connectivity index (χ4n) is 8.94. The molecule has 0 amide bonds. The summed E-state index contributed by atoms with van der Waals surface area (Å²) in [5.74, 6) is 0.352. The van der Waals surface area contributed by atoms with Gasteiger partial charge in [0, 0.05) is 50.0 Å². The quantitative estimate of drug-likeness (QED) is 0.185. The number of rotatable bonds is 4. The lowest BCUT2D eigenvalue weighted by Gasteiger charge is -2.28. The number of fused-ring (bicyclic) bond motifs is 9. The maximum atomic E-state index is 2.53. The molecule has 0 bridgehead atoms. The summed E-state index contributed by atoms with van der Waals surface area (Å²) in [6.45, 7) is 0. The van der Waals surface area contributed by atoms with Crippen molar-refractivity contribution in [3.63, 3.8) is 0 Å². The molecule has 0 fully saturated rings. The predicted molar refractivity (Wildman–Crippen MR) is 214 cm³/mol.